The van der Waals surface area contributed by atoms with Gasteiger partial charge in [-0.25, -0.2) is 4.79 Å². The normalized spacial score (nSPS) is 10.5. The molecule has 0 saturated heterocycles. The molecule has 0 atom stereocenters. The van der Waals surface area contributed by atoms with Crippen molar-refractivity contribution >= 4 is 12.0 Å². The van der Waals surface area contributed by atoms with Crippen LogP contribution in [0.1, 0.15) is 19.4 Å². The molecule has 0 aliphatic rings. The number of carbonyl (C=O) groups excluding carboxylic acids is 1. The molecule has 4 heteroatoms. The van der Waals surface area contributed by atoms with Crippen molar-refractivity contribution < 1.29 is 19.0 Å². The van der Waals surface area contributed by atoms with Gasteiger partial charge in [0.15, 0.2) is 11.5 Å². The van der Waals surface area contributed by atoms with E-state index in [4.69, 9.17) is 14.2 Å². The predicted molar refractivity (Wildman–Crippen MR) is 89.9 cm³/mol. The van der Waals surface area contributed by atoms with Crippen molar-refractivity contribution in [1.82, 2.24) is 0 Å². The summed E-state index contributed by atoms with van der Waals surface area (Å²) in [5.74, 6) is 1.44. The standard InChI is InChI=1S/C19H20O4/c1-3-21-17-12-10-15(14-18(17)22-4-2)11-13-19(20)23-16-8-6-5-7-9-16/h5-14H,3-4H2,1-2H3. The van der Waals surface area contributed by atoms with Crippen molar-refractivity contribution in [3.63, 3.8) is 0 Å². The summed E-state index contributed by atoms with van der Waals surface area (Å²) in [6.45, 7) is 4.94. The maximum Gasteiger partial charge on any atom is 0.336 e. The van der Waals surface area contributed by atoms with Gasteiger partial charge in [-0.15, -0.1) is 0 Å². The maximum absolute atomic E-state index is 11.8. The number of hydrogen-bond donors (Lipinski definition) is 0. The molecule has 0 bridgehead atoms. The Hall–Kier alpha value is -2.75. The first-order chi connectivity index (χ1) is 11.2. The van der Waals surface area contributed by atoms with Crippen LogP contribution in [0, 0.1) is 0 Å². The molecule has 2 aromatic carbocycles. The van der Waals surface area contributed by atoms with Crippen LogP contribution in [0.25, 0.3) is 6.08 Å². The first-order valence-corrected chi connectivity index (χ1v) is 7.57. The number of rotatable bonds is 7. The van der Waals surface area contributed by atoms with Crippen LogP contribution < -0.4 is 14.2 Å². The van der Waals surface area contributed by atoms with E-state index in [1.165, 1.54) is 6.08 Å². The third-order valence-electron chi connectivity index (χ3n) is 2.94. The van der Waals surface area contributed by atoms with Crippen LogP contribution in [0.2, 0.25) is 0 Å². The van der Waals surface area contributed by atoms with Gasteiger partial charge in [0, 0.05) is 6.08 Å². The molecule has 4 nitrogen and oxygen atoms in total. The molecule has 0 spiro atoms. The van der Waals surface area contributed by atoms with Gasteiger partial charge >= 0.3 is 5.97 Å². The summed E-state index contributed by atoms with van der Waals surface area (Å²) < 4.78 is 16.3. The maximum atomic E-state index is 11.8. The van der Waals surface area contributed by atoms with E-state index in [0.29, 0.717) is 30.5 Å². The van der Waals surface area contributed by atoms with E-state index in [1.807, 2.05) is 50.2 Å². The summed E-state index contributed by atoms with van der Waals surface area (Å²) >= 11 is 0. The van der Waals surface area contributed by atoms with Gasteiger partial charge in [-0.1, -0.05) is 24.3 Å². The van der Waals surface area contributed by atoms with Crippen LogP contribution in [-0.2, 0) is 4.79 Å². The van der Waals surface area contributed by atoms with Crippen LogP contribution in [-0.4, -0.2) is 19.2 Å². The highest BCUT2D eigenvalue weighted by Crippen LogP contribution is 2.29. The van der Waals surface area contributed by atoms with E-state index >= 15 is 0 Å². The van der Waals surface area contributed by atoms with Gasteiger partial charge in [0.2, 0.25) is 0 Å². The summed E-state index contributed by atoms with van der Waals surface area (Å²) in [7, 11) is 0. The lowest BCUT2D eigenvalue weighted by Gasteiger charge is -2.11. The summed E-state index contributed by atoms with van der Waals surface area (Å²) in [6, 6.07) is 14.5. The van der Waals surface area contributed by atoms with E-state index in [9.17, 15) is 4.79 Å². The Kier molecular flexibility index (Phi) is 6.24. The molecule has 0 amide bonds. The lowest BCUT2D eigenvalue weighted by Crippen LogP contribution is -2.03. The van der Waals surface area contributed by atoms with Crippen LogP contribution in [0.3, 0.4) is 0 Å². The molecule has 0 unspecified atom stereocenters. The Labute approximate surface area is 136 Å². The third-order valence-corrected chi connectivity index (χ3v) is 2.94. The second-order valence-electron chi connectivity index (χ2n) is 4.64. The van der Waals surface area contributed by atoms with Crippen molar-refractivity contribution in [2.75, 3.05) is 13.2 Å². The van der Waals surface area contributed by atoms with Crippen molar-refractivity contribution in [2.24, 2.45) is 0 Å². The van der Waals surface area contributed by atoms with Crippen LogP contribution in [0.15, 0.2) is 54.6 Å². The molecule has 23 heavy (non-hydrogen) atoms. The Balaban J connectivity index is 2.06. The molecule has 0 N–H and O–H groups in total. The first kappa shape index (κ1) is 16.6. The van der Waals surface area contributed by atoms with E-state index in [2.05, 4.69) is 0 Å². The smallest absolute Gasteiger partial charge is 0.336 e. The Morgan fingerprint density at radius 3 is 2.35 bits per heavy atom. The number of benzene rings is 2. The summed E-state index contributed by atoms with van der Waals surface area (Å²) in [5, 5.41) is 0. The highest BCUT2D eigenvalue weighted by atomic mass is 16.5. The fourth-order valence-electron chi connectivity index (χ4n) is 1.97. The van der Waals surface area contributed by atoms with Crippen molar-refractivity contribution in [2.45, 2.75) is 13.8 Å². The Morgan fingerprint density at radius 2 is 1.65 bits per heavy atom. The molecule has 0 fully saturated rings. The molecule has 0 radical (unpaired) electrons. The van der Waals surface area contributed by atoms with Crippen molar-refractivity contribution in [1.29, 1.82) is 0 Å². The molecule has 0 aliphatic carbocycles. The van der Waals surface area contributed by atoms with E-state index in [0.717, 1.165) is 5.56 Å². The Bertz CT molecular complexity index is 662. The average molecular weight is 312 g/mol. The molecule has 0 heterocycles. The SMILES string of the molecule is CCOc1ccc(C=CC(=O)Oc2ccccc2)cc1OCC. The highest BCUT2D eigenvalue weighted by molar-refractivity contribution is 5.88. The molecule has 120 valence electrons. The molecule has 0 saturated carbocycles. The molecular weight excluding hydrogens is 292 g/mol. The second-order valence-corrected chi connectivity index (χ2v) is 4.64. The first-order valence-electron chi connectivity index (χ1n) is 7.57. The fraction of sp³-hybridized carbons (Fsp3) is 0.211. The predicted octanol–water partition coefficient (Wildman–Crippen LogP) is 4.10. The monoisotopic (exact) mass is 312 g/mol. The Morgan fingerprint density at radius 1 is 0.957 bits per heavy atom. The minimum atomic E-state index is -0.428. The minimum absolute atomic E-state index is 0.428. The lowest BCUT2D eigenvalue weighted by molar-refractivity contribution is -0.128. The van der Waals surface area contributed by atoms with Gasteiger partial charge < -0.3 is 14.2 Å². The quantitative estimate of drug-likeness (QED) is 0.438. The van der Waals surface area contributed by atoms with E-state index < -0.39 is 5.97 Å². The summed E-state index contributed by atoms with van der Waals surface area (Å²) in [6.07, 6.45) is 3.07. The molecule has 0 aliphatic heterocycles. The summed E-state index contributed by atoms with van der Waals surface area (Å²) in [4.78, 5) is 11.8. The van der Waals surface area contributed by atoms with Gasteiger partial charge in [0.1, 0.15) is 5.75 Å². The zero-order valence-electron chi connectivity index (χ0n) is 13.3. The average Bonchev–Trinajstić information content (AvgIpc) is 2.56. The van der Waals surface area contributed by atoms with Gasteiger partial charge in [-0.2, -0.15) is 0 Å². The van der Waals surface area contributed by atoms with Gasteiger partial charge in [-0.05, 0) is 49.8 Å². The second kappa shape index (κ2) is 8.63. The van der Waals surface area contributed by atoms with Crippen molar-refractivity contribution in [3.8, 4) is 17.2 Å². The van der Waals surface area contributed by atoms with Crippen LogP contribution >= 0.6 is 0 Å². The number of esters is 1. The molecule has 2 aromatic rings. The number of carbonyl (C=O) groups is 1. The zero-order valence-corrected chi connectivity index (χ0v) is 13.3. The molecular formula is C19H20O4. The van der Waals surface area contributed by atoms with Gasteiger partial charge in [-0.3, -0.25) is 0 Å². The largest absolute Gasteiger partial charge is 0.490 e. The van der Waals surface area contributed by atoms with Crippen LogP contribution in [0.5, 0.6) is 17.2 Å². The molecule has 2 rings (SSSR count). The van der Waals surface area contributed by atoms with Crippen molar-refractivity contribution in [3.05, 3.63) is 60.2 Å². The number of para-hydroxylation sites is 1. The zero-order chi connectivity index (χ0) is 16.5. The number of hydrogen-bond acceptors (Lipinski definition) is 4. The minimum Gasteiger partial charge on any atom is -0.490 e. The van der Waals surface area contributed by atoms with Gasteiger partial charge in [0.25, 0.3) is 0 Å². The molecule has 0 aromatic heterocycles. The number of ether oxygens (including phenoxy) is 3. The van der Waals surface area contributed by atoms with Gasteiger partial charge in [0.05, 0.1) is 13.2 Å². The summed E-state index contributed by atoms with van der Waals surface area (Å²) in [5.41, 5.74) is 0.835. The fourth-order valence-corrected chi connectivity index (χ4v) is 1.97. The van der Waals surface area contributed by atoms with E-state index in [1.54, 1.807) is 18.2 Å². The highest BCUT2D eigenvalue weighted by Gasteiger charge is 2.05. The topological polar surface area (TPSA) is 44.8 Å². The van der Waals surface area contributed by atoms with Crippen LogP contribution in [0.4, 0.5) is 0 Å². The lowest BCUT2D eigenvalue weighted by atomic mass is 10.2. The van der Waals surface area contributed by atoms with E-state index in [-0.39, 0.29) is 0 Å². The third kappa shape index (κ3) is 5.18.